The molecule has 0 saturated heterocycles. The number of hydrogen-bond acceptors (Lipinski definition) is 4. The highest BCUT2D eigenvalue weighted by Gasteiger charge is 2.30. The van der Waals surface area contributed by atoms with Crippen molar-refractivity contribution >= 4 is 15.8 Å². The minimum atomic E-state index is -4.45. The van der Waals surface area contributed by atoms with Gasteiger partial charge in [0.1, 0.15) is 5.82 Å². The Balaban J connectivity index is 2.65. The van der Waals surface area contributed by atoms with Crippen molar-refractivity contribution in [2.24, 2.45) is 0 Å². The van der Waals surface area contributed by atoms with E-state index >= 15 is 0 Å². The molecule has 5 nitrogen and oxygen atoms in total. The van der Waals surface area contributed by atoms with Gasteiger partial charge in [-0.2, -0.15) is 13.2 Å². The minimum Gasteiger partial charge on any atom is -0.369 e. The van der Waals surface area contributed by atoms with Gasteiger partial charge in [-0.3, -0.25) is 0 Å². The molecule has 1 aromatic heterocycles. The van der Waals surface area contributed by atoms with Gasteiger partial charge in [0.2, 0.25) is 10.0 Å². The van der Waals surface area contributed by atoms with E-state index in [0.29, 0.717) is 0 Å². The van der Waals surface area contributed by atoms with Crippen molar-refractivity contribution < 1.29 is 21.6 Å². The zero-order valence-corrected chi connectivity index (χ0v) is 11.2. The first-order chi connectivity index (χ1) is 8.63. The summed E-state index contributed by atoms with van der Waals surface area (Å²) in [6, 6.07) is 1.68. The Kier molecular flexibility index (Phi) is 4.75. The molecular weight excluding hydrogens is 283 g/mol. The van der Waals surface area contributed by atoms with Gasteiger partial charge in [-0.05, 0) is 12.1 Å². The van der Waals surface area contributed by atoms with E-state index in [1.807, 2.05) is 0 Å². The summed E-state index contributed by atoms with van der Waals surface area (Å²) in [6.07, 6.45) is -3.43. The Morgan fingerprint density at radius 2 is 2.00 bits per heavy atom. The van der Waals surface area contributed by atoms with Crippen LogP contribution in [0.5, 0.6) is 0 Å². The highest BCUT2D eigenvalue weighted by atomic mass is 32.2. The maximum absolute atomic E-state index is 12.4. The molecule has 1 rings (SSSR count). The van der Waals surface area contributed by atoms with E-state index in [4.69, 9.17) is 0 Å². The SMILES string of the molecule is CN(C)S(=O)(=O)CCNc1cc(C(F)(F)F)ccn1. The van der Waals surface area contributed by atoms with Crippen LogP contribution in [0.3, 0.4) is 0 Å². The van der Waals surface area contributed by atoms with Crippen molar-refractivity contribution in [3.8, 4) is 0 Å². The van der Waals surface area contributed by atoms with Crippen LogP contribution in [0, 0.1) is 0 Å². The van der Waals surface area contributed by atoms with Crippen LogP contribution in [0.4, 0.5) is 19.0 Å². The van der Waals surface area contributed by atoms with Crippen LogP contribution >= 0.6 is 0 Å². The van der Waals surface area contributed by atoms with E-state index in [2.05, 4.69) is 10.3 Å². The number of aromatic nitrogens is 1. The van der Waals surface area contributed by atoms with E-state index in [1.54, 1.807) is 0 Å². The van der Waals surface area contributed by atoms with Gasteiger partial charge >= 0.3 is 6.18 Å². The summed E-state index contributed by atoms with van der Waals surface area (Å²) in [6.45, 7) is -0.0190. The molecule has 0 spiro atoms. The molecule has 9 heteroatoms. The summed E-state index contributed by atoms with van der Waals surface area (Å²) in [7, 11) is -0.613. The highest BCUT2D eigenvalue weighted by Crippen LogP contribution is 2.29. The van der Waals surface area contributed by atoms with E-state index in [1.165, 1.54) is 14.1 Å². The molecule has 0 saturated carbocycles. The summed E-state index contributed by atoms with van der Waals surface area (Å²) in [5, 5.41) is 2.55. The molecule has 1 N–H and O–H groups in total. The van der Waals surface area contributed by atoms with Crippen molar-refractivity contribution in [3.63, 3.8) is 0 Å². The zero-order chi connectivity index (χ0) is 14.7. The maximum Gasteiger partial charge on any atom is 0.416 e. The fourth-order valence-electron chi connectivity index (χ4n) is 1.19. The molecule has 19 heavy (non-hydrogen) atoms. The number of anilines is 1. The third kappa shape index (κ3) is 4.67. The van der Waals surface area contributed by atoms with E-state index in [-0.39, 0.29) is 18.1 Å². The molecule has 0 aliphatic heterocycles. The van der Waals surface area contributed by atoms with Gasteiger partial charge in [0.25, 0.3) is 0 Å². The summed E-state index contributed by atoms with van der Waals surface area (Å²) in [5.74, 6) is -0.235. The van der Waals surface area contributed by atoms with Crippen molar-refractivity contribution in [2.75, 3.05) is 31.7 Å². The van der Waals surface area contributed by atoms with E-state index in [0.717, 1.165) is 22.6 Å². The summed E-state index contributed by atoms with van der Waals surface area (Å²) in [5.41, 5.74) is -0.833. The lowest BCUT2D eigenvalue weighted by Gasteiger charge is -2.12. The predicted molar refractivity (Wildman–Crippen MR) is 65.2 cm³/mol. The lowest BCUT2D eigenvalue weighted by atomic mass is 10.2. The van der Waals surface area contributed by atoms with Crippen LogP contribution in [-0.2, 0) is 16.2 Å². The number of halogens is 3. The fourth-order valence-corrected chi connectivity index (χ4v) is 1.92. The van der Waals surface area contributed by atoms with Crippen molar-refractivity contribution in [3.05, 3.63) is 23.9 Å². The average Bonchev–Trinajstić information content (AvgIpc) is 2.28. The molecule has 0 aromatic carbocycles. The van der Waals surface area contributed by atoms with Gasteiger partial charge in [0, 0.05) is 26.8 Å². The van der Waals surface area contributed by atoms with Crippen molar-refractivity contribution in [1.29, 1.82) is 0 Å². The van der Waals surface area contributed by atoms with Crippen LogP contribution in [0.1, 0.15) is 5.56 Å². The number of rotatable bonds is 5. The van der Waals surface area contributed by atoms with Crippen LogP contribution in [-0.4, -0.2) is 44.1 Å². The quantitative estimate of drug-likeness (QED) is 0.892. The van der Waals surface area contributed by atoms with Gasteiger partial charge in [-0.1, -0.05) is 0 Å². The first-order valence-electron chi connectivity index (χ1n) is 5.30. The number of pyridine rings is 1. The average molecular weight is 297 g/mol. The first kappa shape index (κ1) is 15.7. The lowest BCUT2D eigenvalue weighted by Crippen LogP contribution is -2.28. The molecule has 0 radical (unpaired) electrons. The second kappa shape index (κ2) is 5.74. The van der Waals surface area contributed by atoms with Crippen LogP contribution in [0.25, 0.3) is 0 Å². The summed E-state index contributed by atoms with van der Waals surface area (Å²) >= 11 is 0. The maximum atomic E-state index is 12.4. The summed E-state index contributed by atoms with van der Waals surface area (Å²) in [4.78, 5) is 3.70. The molecule has 0 amide bonds. The fraction of sp³-hybridized carbons (Fsp3) is 0.500. The lowest BCUT2D eigenvalue weighted by molar-refractivity contribution is -0.137. The van der Waals surface area contributed by atoms with Gasteiger partial charge in [0.05, 0.1) is 11.3 Å². The predicted octanol–water partition coefficient (Wildman–Crippen LogP) is 1.40. The minimum absolute atomic E-state index is 0.0104. The van der Waals surface area contributed by atoms with E-state index in [9.17, 15) is 21.6 Å². The number of hydrogen-bond donors (Lipinski definition) is 1. The Hall–Kier alpha value is -1.35. The van der Waals surface area contributed by atoms with Gasteiger partial charge in [-0.15, -0.1) is 0 Å². The Morgan fingerprint density at radius 3 is 2.53 bits per heavy atom. The van der Waals surface area contributed by atoms with Gasteiger partial charge < -0.3 is 5.32 Å². The van der Waals surface area contributed by atoms with Crippen molar-refractivity contribution in [1.82, 2.24) is 9.29 Å². The second-order valence-corrected chi connectivity index (χ2v) is 6.26. The third-order valence-electron chi connectivity index (χ3n) is 2.31. The third-order valence-corrected chi connectivity index (χ3v) is 4.14. The van der Waals surface area contributed by atoms with Crippen LogP contribution in [0.2, 0.25) is 0 Å². The molecule has 0 fully saturated rings. The Morgan fingerprint density at radius 1 is 1.37 bits per heavy atom. The number of sulfonamides is 1. The first-order valence-corrected chi connectivity index (χ1v) is 6.91. The molecule has 1 aromatic rings. The van der Waals surface area contributed by atoms with Crippen LogP contribution < -0.4 is 5.32 Å². The highest BCUT2D eigenvalue weighted by molar-refractivity contribution is 7.89. The molecule has 108 valence electrons. The number of nitrogens with zero attached hydrogens (tertiary/aromatic N) is 2. The molecular formula is C10H14F3N3O2S. The molecule has 0 aliphatic carbocycles. The second-order valence-electron chi connectivity index (χ2n) is 3.95. The normalized spacial score (nSPS) is 12.7. The topological polar surface area (TPSA) is 62.3 Å². The molecule has 0 aliphatic rings. The molecule has 0 unspecified atom stereocenters. The summed E-state index contributed by atoms with van der Waals surface area (Å²) < 4.78 is 61.2. The molecule has 0 bridgehead atoms. The van der Waals surface area contributed by atoms with Gasteiger partial charge in [0.15, 0.2) is 0 Å². The zero-order valence-electron chi connectivity index (χ0n) is 10.4. The Labute approximate surface area is 109 Å². The smallest absolute Gasteiger partial charge is 0.369 e. The van der Waals surface area contributed by atoms with E-state index < -0.39 is 21.8 Å². The number of nitrogens with one attached hydrogen (secondary N) is 1. The molecule has 0 atom stereocenters. The Bertz CT molecular complexity index is 529. The van der Waals surface area contributed by atoms with Gasteiger partial charge in [-0.25, -0.2) is 17.7 Å². The largest absolute Gasteiger partial charge is 0.416 e. The molecule has 1 heterocycles. The standard InChI is InChI=1S/C10H14F3N3O2S/c1-16(2)19(17,18)6-5-15-9-7-8(3-4-14-9)10(11,12)13/h3-4,7H,5-6H2,1-2H3,(H,14,15). The van der Waals surface area contributed by atoms with Crippen molar-refractivity contribution in [2.45, 2.75) is 6.18 Å². The van der Waals surface area contributed by atoms with Crippen LogP contribution in [0.15, 0.2) is 18.3 Å². The monoisotopic (exact) mass is 297 g/mol. The number of alkyl halides is 3.